The molecule has 0 unspecified atom stereocenters. The number of benzene rings is 1. The lowest BCUT2D eigenvalue weighted by Gasteiger charge is -2.04. The lowest BCUT2D eigenvalue weighted by Crippen LogP contribution is -2.13. The van der Waals surface area contributed by atoms with Crippen molar-refractivity contribution in [2.45, 2.75) is 27.2 Å². The van der Waals surface area contributed by atoms with Crippen molar-refractivity contribution >= 4 is 16.7 Å². The molecule has 1 aromatic heterocycles. The molecule has 1 aromatic carbocycles. The molecule has 0 atom stereocenters. The molecule has 2 rings (SSSR count). The second-order valence-electron chi connectivity index (χ2n) is 3.12. The number of hydrogen-bond acceptors (Lipinski definition) is 3. The van der Waals surface area contributed by atoms with Gasteiger partial charge in [-0.2, -0.15) is 4.98 Å². The fourth-order valence-corrected chi connectivity index (χ4v) is 1.61. The Balaban J connectivity index is 0.000000606. The van der Waals surface area contributed by atoms with Gasteiger partial charge in [0.25, 0.3) is 0 Å². The summed E-state index contributed by atoms with van der Waals surface area (Å²) >= 11 is 0. The number of nitrogens with zero attached hydrogens (tertiary/aromatic N) is 1. The molecule has 0 saturated heterocycles. The third kappa shape index (κ3) is 2.21. The average Bonchev–Trinajstić information content (AvgIpc) is 2.30. The van der Waals surface area contributed by atoms with E-state index in [9.17, 15) is 4.79 Å². The summed E-state index contributed by atoms with van der Waals surface area (Å²) in [4.78, 5) is 17.4. The van der Waals surface area contributed by atoms with Gasteiger partial charge in [-0.15, -0.1) is 0 Å². The number of hydrogen-bond donors (Lipinski definition) is 2. The van der Waals surface area contributed by atoms with Gasteiger partial charge in [0.05, 0.1) is 5.52 Å². The molecule has 0 saturated carbocycles. The number of fused-ring (bicyclic) bond motifs is 1. The van der Waals surface area contributed by atoms with Gasteiger partial charge in [0.15, 0.2) is 0 Å². The summed E-state index contributed by atoms with van der Waals surface area (Å²) in [6.45, 7) is 6.04. The first kappa shape index (κ1) is 12.2. The zero-order chi connectivity index (χ0) is 12.1. The Labute approximate surface area is 94.5 Å². The fourth-order valence-electron chi connectivity index (χ4n) is 1.61. The molecule has 0 aliphatic carbocycles. The van der Waals surface area contributed by atoms with Crippen LogP contribution in [-0.2, 0) is 6.42 Å². The van der Waals surface area contributed by atoms with Crippen LogP contribution in [0, 0.1) is 0 Å². The molecular formula is C12H17N3O. The number of aromatic nitrogens is 2. The topological polar surface area (TPSA) is 71.8 Å². The van der Waals surface area contributed by atoms with Crippen molar-refractivity contribution in [2.24, 2.45) is 0 Å². The van der Waals surface area contributed by atoms with E-state index >= 15 is 0 Å². The molecule has 86 valence electrons. The van der Waals surface area contributed by atoms with Gasteiger partial charge >= 0.3 is 5.69 Å². The van der Waals surface area contributed by atoms with Crippen LogP contribution in [0.1, 0.15) is 26.3 Å². The first-order chi connectivity index (χ1) is 7.72. The number of nitrogens with two attached hydrogens (primary N) is 1. The Morgan fingerprint density at radius 3 is 2.69 bits per heavy atom. The van der Waals surface area contributed by atoms with Gasteiger partial charge in [-0.25, -0.2) is 4.79 Å². The lowest BCUT2D eigenvalue weighted by atomic mass is 10.1. The predicted octanol–water partition coefficient (Wildman–Crippen LogP) is 2.09. The number of aromatic amines is 1. The van der Waals surface area contributed by atoms with E-state index in [0.717, 1.165) is 22.9 Å². The molecule has 1 heterocycles. The third-order valence-electron chi connectivity index (χ3n) is 2.25. The summed E-state index contributed by atoms with van der Waals surface area (Å²) < 4.78 is 0. The van der Waals surface area contributed by atoms with E-state index in [2.05, 4.69) is 9.97 Å². The van der Waals surface area contributed by atoms with E-state index in [4.69, 9.17) is 5.73 Å². The maximum absolute atomic E-state index is 11.1. The minimum absolute atomic E-state index is 0.307. The van der Waals surface area contributed by atoms with E-state index in [1.165, 1.54) is 0 Å². The number of nitrogen functional groups attached to an aromatic ring is 1. The quantitative estimate of drug-likeness (QED) is 0.771. The maximum atomic E-state index is 11.1. The molecule has 4 heteroatoms. The molecule has 0 aliphatic rings. The van der Waals surface area contributed by atoms with Crippen molar-refractivity contribution in [3.63, 3.8) is 0 Å². The number of aryl methyl sites for hydroxylation is 1. The molecule has 4 nitrogen and oxygen atoms in total. The molecule has 3 N–H and O–H groups in total. The minimum atomic E-state index is -0.400. The smallest absolute Gasteiger partial charge is 0.347 e. The lowest BCUT2D eigenvalue weighted by molar-refractivity contribution is 1.11. The van der Waals surface area contributed by atoms with E-state index in [-0.39, 0.29) is 0 Å². The van der Waals surface area contributed by atoms with Crippen LogP contribution in [-0.4, -0.2) is 9.97 Å². The predicted molar refractivity (Wildman–Crippen MR) is 67.5 cm³/mol. The van der Waals surface area contributed by atoms with Crippen LogP contribution in [0.5, 0.6) is 0 Å². The van der Waals surface area contributed by atoms with E-state index in [0.29, 0.717) is 5.82 Å². The largest absolute Gasteiger partial charge is 0.383 e. The highest BCUT2D eigenvalue weighted by Crippen LogP contribution is 2.20. The summed E-state index contributed by atoms with van der Waals surface area (Å²) in [6, 6.07) is 5.71. The van der Waals surface area contributed by atoms with Crippen LogP contribution < -0.4 is 11.4 Å². The summed E-state index contributed by atoms with van der Waals surface area (Å²) in [6.07, 6.45) is 0.870. The highest BCUT2D eigenvalue weighted by Gasteiger charge is 2.04. The van der Waals surface area contributed by atoms with Gasteiger partial charge < -0.3 is 10.7 Å². The Morgan fingerprint density at radius 2 is 2.06 bits per heavy atom. The van der Waals surface area contributed by atoms with Crippen LogP contribution in [0.2, 0.25) is 0 Å². The first-order valence-electron chi connectivity index (χ1n) is 5.49. The molecule has 0 spiro atoms. The second kappa shape index (κ2) is 5.30. The molecule has 0 radical (unpaired) electrons. The Hall–Kier alpha value is -1.84. The van der Waals surface area contributed by atoms with Crippen LogP contribution in [0.3, 0.4) is 0 Å². The zero-order valence-corrected chi connectivity index (χ0v) is 9.87. The number of nitrogens with one attached hydrogen (secondary N) is 1. The Bertz CT molecular complexity index is 531. The van der Waals surface area contributed by atoms with Crippen molar-refractivity contribution in [1.29, 1.82) is 0 Å². The van der Waals surface area contributed by atoms with Gasteiger partial charge in [0.1, 0.15) is 5.82 Å². The SMILES string of the molecule is CC.CCc1cccc2[nH]c(=O)nc(N)c12. The normalized spacial score (nSPS) is 9.69. The Kier molecular flexibility index (Phi) is 4.05. The molecule has 0 bridgehead atoms. The van der Waals surface area contributed by atoms with Gasteiger partial charge in [0, 0.05) is 5.39 Å². The van der Waals surface area contributed by atoms with Crippen molar-refractivity contribution in [3.8, 4) is 0 Å². The third-order valence-corrected chi connectivity index (χ3v) is 2.25. The molecular weight excluding hydrogens is 202 g/mol. The Morgan fingerprint density at radius 1 is 1.38 bits per heavy atom. The average molecular weight is 219 g/mol. The van der Waals surface area contributed by atoms with Gasteiger partial charge in [-0.05, 0) is 18.1 Å². The minimum Gasteiger partial charge on any atom is -0.383 e. The molecule has 16 heavy (non-hydrogen) atoms. The van der Waals surface area contributed by atoms with Crippen LogP contribution in [0.25, 0.3) is 10.9 Å². The summed E-state index contributed by atoms with van der Waals surface area (Å²) in [5.41, 5.74) is 7.15. The number of rotatable bonds is 1. The van der Waals surface area contributed by atoms with Gasteiger partial charge in [-0.3, -0.25) is 0 Å². The summed E-state index contributed by atoms with van der Waals surface area (Å²) in [7, 11) is 0. The van der Waals surface area contributed by atoms with Crippen LogP contribution in [0.4, 0.5) is 5.82 Å². The fraction of sp³-hybridized carbons (Fsp3) is 0.333. The van der Waals surface area contributed by atoms with Crippen molar-refractivity contribution < 1.29 is 0 Å². The molecule has 0 aliphatic heterocycles. The summed E-state index contributed by atoms with van der Waals surface area (Å²) in [5.74, 6) is 0.307. The molecule has 0 fully saturated rings. The molecule has 0 amide bonds. The second-order valence-corrected chi connectivity index (χ2v) is 3.12. The van der Waals surface area contributed by atoms with Crippen molar-refractivity contribution in [1.82, 2.24) is 9.97 Å². The number of anilines is 1. The first-order valence-corrected chi connectivity index (χ1v) is 5.49. The summed E-state index contributed by atoms with van der Waals surface area (Å²) in [5, 5.41) is 0.856. The van der Waals surface area contributed by atoms with E-state index in [1.807, 2.05) is 39.0 Å². The van der Waals surface area contributed by atoms with Crippen LogP contribution in [0.15, 0.2) is 23.0 Å². The van der Waals surface area contributed by atoms with Gasteiger partial charge in [-0.1, -0.05) is 32.9 Å². The monoisotopic (exact) mass is 219 g/mol. The van der Waals surface area contributed by atoms with Crippen LogP contribution >= 0.6 is 0 Å². The highest BCUT2D eigenvalue weighted by molar-refractivity contribution is 5.90. The molecule has 2 aromatic rings. The maximum Gasteiger partial charge on any atom is 0.347 e. The number of H-pyrrole nitrogens is 1. The van der Waals surface area contributed by atoms with Crippen molar-refractivity contribution in [3.05, 3.63) is 34.2 Å². The van der Waals surface area contributed by atoms with E-state index in [1.54, 1.807) is 0 Å². The zero-order valence-electron chi connectivity index (χ0n) is 9.87. The van der Waals surface area contributed by atoms with E-state index < -0.39 is 5.69 Å². The van der Waals surface area contributed by atoms with Crippen molar-refractivity contribution in [2.75, 3.05) is 5.73 Å². The highest BCUT2D eigenvalue weighted by atomic mass is 16.1. The van der Waals surface area contributed by atoms with Gasteiger partial charge in [0.2, 0.25) is 0 Å². The standard InChI is InChI=1S/C10H11N3O.C2H6/c1-2-6-4-3-5-7-8(6)9(11)13-10(14)12-7;1-2/h3-5H,2H2,1H3,(H3,11,12,13,14);1-2H3.